The van der Waals surface area contributed by atoms with Crippen LogP contribution in [0.5, 0.6) is 0 Å². The number of benzene rings is 3. The zero-order valence-electron chi connectivity index (χ0n) is 33.0. The highest BCUT2D eigenvalue weighted by Gasteiger charge is 2.48. The maximum absolute atomic E-state index is 13.5. The van der Waals surface area contributed by atoms with Crippen LogP contribution < -0.4 is 15.3 Å². The number of carbonyl (C=O) groups is 3. The maximum Gasteiger partial charge on any atom is 0.430 e. The Morgan fingerprint density at radius 1 is 0.789 bits per heavy atom. The fourth-order valence-corrected chi connectivity index (χ4v) is 8.43. The minimum absolute atomic E-state index is 0.0684. The average Bonchev–Trinajstić information content (AvgIpc) is 3.22. The molecule has 3 unspecified atom stereocenters. The number of carboxylic acid groups (broad SMARTS) is 1. The van der Waals surface area contributed by atoms with Crippen LogP contribution in [0, 0.1) is 5.92 Å². The number of carbonyl (C=O) groups excluding carboxylic acids is 3. The van der Waals surface area contributed by atoms with Crippen molar-refractivity contribution in [2.24, 2.45) is 5.92 Å². The van der Waals surface area contributed by atoms with Crippen LogP contribution in [0.1, 0.15) is 106 Å². The molecule has 2 N–H and O–H groups in total. The number of hydrogen-bond donors (Lipinski definition) is 2. The first kappa shape index (κ1) is 43.9. The normalized spacial score (nSPS) is 21.9. The summed E-state index contributed by atoms with van der Waals surface area (Å²) in [6, 6.07) is 27.8. The SMILES string of the molecule is O=C(CCCCCCCCCCC[N+]12CCN(CC1)CC2)NCc1ccc(N2C(=O)C(CCC(O)c3ccccc3)C2c2ccccc2)cc1.O=C([O-])C(F)(F)F. The highest BCUT2D eigenvalue weighted by molar-refractivity contribution is 6.03. The second-order valence-corrected chi connectivity index (χ2v) is 15.9. The molecular weight excluding hydrogens is 734 g/mol. The number of aliphatic hydroxyl groups is 1. The summed E-state index contributed by atoms with van der Waals surface area (Å²) in [6.45, 7) is 10.0. The number of carboxylic acids is 1. The lowest BCUT2D eigenvalue weighted by Gasteiger charge is -2.50. The summed E-state index contributed by atoms with van der Waals surface area (Å²) in [6.07, 6.45) is 7.37. The quantitative estimate of drug-likeness (QED) is 0.0735. The Bertz CT molecular complexity index is 1670. The van der Waals surface area contributed by atoms with Gasteiger partial charge < -0.3 is 29.7 Å². The fourth-order valence-electron chi connectivity index (χ4n) is 8.43. The van der Waals surface area contributed by atoms with Crippen LogP contribution >= 0.6 is 0 Å². The molecule has 7 rings (SSSR count). The molecule has 2 bridgehead atoms. The Morgan fingerprint density at radius 2 is 1.32 bits per heavy atom. The summed E-state index contributed by atoms with van der Waals surface area (Å²) < 4.78 is 32.9. The van der Waals surface area contributed by atoms with Gasteiger partial charge in [0.05, 0.1) is 44.2 Å². The predicted octanol–water partition coefficient (Wildman–Crippen LogP) is 6.87. The first-order valence-electron chi connectivity index (χ1n) is 20.8. The van der Waals surface area contributed by atoms with Gasteiger partial charge in [0.25, 0.3) is 0 Å². The van der Waals surface area contributed by atoms with Gasteiger partial charge in [0.1, 0.15) is 5.97 Å². The number of nitrogens with zero attached hydrogens (tertiary/aromatic N) is 3. The van der Waals surface area contributed by atoms with Gasteiger partial charge in [-0.15, -0.1) is 0 Å². The van der Waals surface area contributed by atoms with Gasteiger partial charge in [-0.25, -0.2) is 0 Å². The second kappa shape index (κ2) is 21.5. The van der Waals surface area contributed by atoms with Crippen LogP contribution in [0.3, 0.4) is 0 Å². The third-order valence-electron chi connectivity index (χ3n) is 11.9. The zero-order chi connectivity index (χ0) is 40.7. The number of anilines is 1. The minimum atomic E-state index is -5.19. The molecule has 3 atom stereocenters. The molecule has 0 aromatic heterocycles. The van der Waals surface area contributed by atoms with Crippen molar-refractivity contribution in [3.05, 3.63) is 102 Å². The van der Waals surface area contributed by atoms with Gasteiger partial charge in [-0.3, -0.25) is 14.5 Å². The summed E-state index contributed by atoms with van der Waals surface area (Å²) in [5.74, 6) is -2.98. The molecule has 3 aromatic carbocycles. The number of β-lactam (4-membered cyclic amide) rings is 1. The topological polar surface area (TPSA) is 113 Å². The molecule has 310 valence electrons. The van der Waals surface area contributed by atoms with Crippen molar-refractivity contribution in [3.63, 3.8) is 0 Å². The van der Waals surface area contributed by atoms with Crippen LogP contribution in [0.15, 0.2) is 84.9 Å². The number of hydrogen-bond acceptors (Lipinski definition) is 6. The highest BCUT2D eigenvalue weighted by atomic mass is 19.4. The Morgan fingerprint density at radius 3 is 1.88 bits per heavy atom. The third-order valence-corrected chi connectivity index (χ3v) is 11.9. The van der Waals surface area contributed by atoms with Crippen molar-refractivity contribution >= 4 is 23.5 Å². The van der Waals surface area contributed by atoms with Gasteiger partial charge in [0, 0.05) is 38.3 Å². The number of unbranched alkanes of at least 4 members (excludes halogenated alkanes) is 8. The lowest BCUT2D eigenvalue weighted by Crippen LogP contribution is -2.67. The first-order valence-corrected chi connectivity index (χ1v) is 20.8. The summed E-state index contributed by atoms with van der Waals surface area (Å²) in [5, 5.41) is 22.6. The molecule has 0 aliphatic carbocycles. The monoisotopic (exact) mass is 792 g/mol. The van der Waals surface area contributed by atoms with Crippen molar-refractivity contribution in [3.8, 4) is 0 Å². The number of quaternary nitrogens is 1. The average molecular weight is 793 g/mol. The van der Waals surface area contributed by atoms with Crippen molar-refractivity contribution < 1.29 is 42.3 Å². The molecule has 3 aromatic rings. The van der Waals surface area contributed by atoms with E-state index in [2.05, 4.69) is 22.3 Å². The zero-order valence-corrected chi connectivity index (χ0v) is 33.0. The fraction of sp³-hybridized carbons (Fsp3) is 0.533. The van der Waals surface area contributed by atoms with Crippen molar-refractivity contribution in [1.29, 1.82) is 0 Å². The number of rotatable bonds is 20. The number of alkyl halides is 3. The minimum Gasteiger partial charge on any atom is -0.542 e. The number of piperazine rings is 3. The number of aliphatic hydroxyl groups excluding tert-OH is 1. The lowest BCUT2D eigenvalue weighted by molar-refractivity contribution is -0.941. The van der Waals surface area contributed by atoms with E-state index in [-0.39, 0.29) is 23.8 Å². The van der Waals surface area contributed by atoms with E-state index in [1.807, 2.05) is 77.7 Å². The molecule has 4 fully saturated rings. The van der Waals surface area contributed by atoms with Gasteiger partial charge in [-0.05, 0) is 60.9 Å². The van der Waals surface area contributed by atoms with E-state index in [4.69, 9.17) is 9.90 Å². The largest absolute Gasteiger partial charge is 0.542 e. The molecule has 57 heavy (non-hydrogen) atoms. The van der Waals surface area contributed by atoms with Crippen molar-refractivity contribution in [1.82, 2.24) is 10.2 Å². The van der Waals surface area contributed by atoms with Gasteiger partial charge >= 0.3 is 6.18 Å². The van der Waals surface area contributed by atoms with Gasteiger partial charge in [-0.2, -0.15) is 13.2 Å². The third kappa shape index (κ3) is 13.1. The summed E-state index contributed by atoms with van der Waals surface area (Å²) >= 11 is 0. The van der Waals surface area contributed by atoms with Crippen LogP contribution in [0.2, 0.25) is 0 Å². The number of aliphatic carboxylic acids is 1. The molecule has 4 saturated heterocycles. The molecule has 4 aliphatic heterocycles. The van der Waals surface area contributed by atoms with E-state index < -0.39 is 18.2 Å². The second-order valence-electron chi connectivity index (χ2n) is 15.9. The first-order chi connectivity index (χ1) is 27.5. The smallest absolute Gasteiger partial charge is 0.430 e. The van der Waals surface area contributed by atoms with Gasteiger partial charge in [0.15, 0.2) is 0 Å². The molecule has 9 nitrogen and oxygen atoms in total. The van der Waals surface area contributed by atoms with Gasteiger partial charge in [-0.1, -0.05) is 111 Å². The standard InChI is InChI=1S/C43H58N4O3.C2HF3O2/c48-40(36-16-10-8-11-17-36)26-25-39-42(37-18-12-9-13-19-37)46(43(39)50)38-23-21-35(22-24-38)34-44-41(49)20-14-6-4-2-1-3-5-7-15-30-47-31-27-45(28-32-47)29-33-47;3-2(4,5)1(6)7/h8-13,16-19,21-24,39-40,42,48H,1-7,14-15,20,25-34H2;(H,6,7). The number of nitrogens with one attached hydrogen (secondary N) is 1. The Labute approximate surface area is 335 Å². The molecule has 4 heterocycles. The lowest BCUT2D eigenvalue weighted by atomic mass is 9.78. The van der Waals surface area contributed by atoms with Crippen molar-refractivity contribution in [2.45, 2.75) is 102 Å². The van der Waals surface area contributed by atoms with E-state index in [0.717, 1.165) is 35.2 Å². The maximum atomic E-state index is 13.5. The highest BCUT2D eigenvalue weighted by Crippen LogP contribution is 2.46. The molecular formula is C45H59F3N4O5. The predicted molar refractivity (Wildman–Crippen MR) is 212 cm³/mol. The molecule has 2 amide bonds. The Balaban J connectivity index is 0.000000811. The number of fused-ring (bicyclic) bond motifs is 3. The van der Waals surface area contributed by atoms with E-state index in [9.17, 15) is 27.9 Å². The summed E-state index contributed by atoms with van der Waals surface area (Å²) in [7, 11) is 0. The Hall–Kier alpha value is -4.26. The molecule has 0 saturated carbocycles. The molecule has 0 spiro atoms. The van der Waals surface area contributed by atoms with Gasteiger partial charge in [0.2, 0.25) is 11.8 Å². The Kier molecular flexibility index (Phi) is 16.5. The van der Waals surface area contributed by atoms with E-state index in [0.29, 0.717) is 25.8 Å². The summed E-state index contributed by atoms with van der Waals surface area (Å²) in [4.78, 5) is 39.3. The van der Waals surface area contributed by atoms with E-state index in [1.54, 1.807) is 0 Å². The van der Waals surface area contributed by atoms with E-state index in [1.165, 1.54) is 95.2 Å². The number of halogens is 3. The molecule has 12 heteroatoms. The van der Waals surface area contributed by atoms with Crippen LogP contribution in [0.25, 0.3) is 0 Å². The molecule has 4 aliphatic rings. The van der Waals surface area contributed by atoms with Crippen molar-refractivity contribution in [2.75, 3.05) is 50.7 Å². The van der Waals surface area contributed by atoms with E-state index >= 15 is 0 Å². The van der Waals surface area contributed by atoms with Crippen LogP contribution in [-0.2, 0) is 20.9 Å². The van der Waals surface area contributed by atoms with Crippen LogP contribution in [0.4, 0.5) is 18.9 Å². The summed E-state index contributed by atoms with van der Waals surface area (Å²) in [5.41, 5.74) is 3.88. The molecule has 0 radical (unpaired) electrons. The van der Waals surface area contributed by atoms with Crippen LogP contribution in [-0.4, -0.2) is 84.3 Å². The number of amides is 2.